The summed E-state index contributed by atoms with van der Waals surface area (Å²) in [5, 5.41) is 0. The third-order valence-corrected chi connectivity index (χ3v) is 4.46. The van der Waals surface area contributed by atoms with Crippen LogP contribution in [0.2, 0.25) is 0 Å². The first kappa shape index (κ1) is 14.4. The molecule has 3 nitrogen and oxygen atoms in total. The lowest BCUT2D eigenvalue weighted by Crippen LogP contribution is -2.56. The van der Waals surface area contributed by atoms with Gasteiger partial charge >= 0.3 is 0 Å². The summed E-state index contributed by atoms with van der Waals surface area (Å²) >= 11 is 0. The number of aliphatic imine (C=N–C) groups is 1. The van der Waals surface area contributed by atoms with E-state index in [2.05, 4.69) is 4.99 Å². The monoisotopic (exact) mass is 295 g/mol. The third-order valence-electron chi connectivity index (χ3n) is 4.46. The lowest BCUT2D eigenvalue weighted by Gasteiger charge is -2.48. The van der Waals surface area contributed by atoms with Crippen molar-refractivity contribution in [1.82, 2.24) is 0 Å². The Morgan fingerprint density at radius 2 is 2.14 bits per heavy atom. The number of fused-ring (bicyclic) bond motifs is 1. The van der Waals surface area contributed by atoms with Crippen molar-refractivity contribution >= 4 is 5.90 Å². The van der Waals surface area contributed by atoms with E-state index in [0.717, 1.165) is 0 Å². The Bertz CT molecular complexity index is 563. The predicted molar refractivity (Wildman–Crippen MR) is 75.6 cm³/mol. The molecule has 5 heteroatoms. The van der Waals surface area contributed by atoms with Crippen LogP contribution in [0.25, 0.3) is 0 Å². The Morgan fingerprint density at radius 1 is 1.38 bits per heavy atom. The molecule has 4 atom stereocenters. The highest BCUT2D eigenvalue weighted by Gasteiger charge is 2.54. The molecule has 0 bridgehead atoms. The molecule has 0 saturated carbocycles. The Kier molecular flexibility index (Phi) is 3.69. The predicted octanol–water partition coefficient (Wildman–Crippen LogP) is 3.23. The van der Waals surface area contributed by atoms with Crippen LogP contribution in [0.5, 0.6) is 0 Å². The van der Waals surface area contributed by atoms with Crippen LogP contribution < -0.4 is 0 Å². The molecule has 1 fully saturated rings. The van der Waals surface area contributed by atoms with E-state index in [1.165, 1.54) is 6.07 Å². The topological polar surface area (TPSA) is 30.8 Å². The van der Waals surface area contributed by atoms with E-state index in [0.29, 0.717) is 18.9 Å². The zero-order valence-electron chi connectivity index (χ0n) is 12.2. The summed E-state index contributed by atoms with van der Waals surface area (Å²) < 4.78 is 39.9. The van der Waals surface area contributed by atoms with E-state index in [9.17, 15) is 8.78 Å². The van der Waals surface area contributed by atoms with Crippen molar-refractivity contribution in [3.8, 4) is 0 Å². The first-order chi connectivity index (χ1) is 10.1. The first-order valence-electron chi connectivity index (χ1n) is 7.24. The molecule has 1 aromatic carbocycles. The number of nitrogens with zero attached hydrogens (tertiary/aromatic N) is 1. The summed E-state index contributed by atoms with van der Waals surface area (Å²) in [4.78, 5) is 4.40. The van der Waals surface area contributed by atoms with E-state index in [1.54, 1.807) is 25.1 Å². The van der Waals surface area contributed by atoms with Gasteiger partial charge in [0.05, 0.1) is 18.6 Å². The molecule has 0 N–H and O–H groups in total. The molecule has 21 heavy (non-hydrogen) atoms. The van der Waals surface area contributed by atoms with Gasteiger partial charge in [-0.25, -0.2) is 13.8 Å². The molecular weight excluding hydrogens is 276 g/mol. The summed E-state index contributed by atoms with van der Waals surface area (Å²) in [6, 6.07) is 6.25. The summed E-state index contributed by atoms with van der Waals surface area (Å²) in [5.74, 6) is -0.367. The van der Waals surface area contributed by atoms with Gasteiger partial charge in [-0.05, 0) is 13.0 Å². The van der Waals surface area contributed by atoms with Crippen molar-refractivity contribution < 1.29 is 18.3 Å². The van der Waals surface area contributed by atoms with E-state index < -0.39 is 18.0 Å². The van der Waals surface area contributed by atoms with Crippen molar-refractivity contribution in [2.24, 2.45) is 10.9 Å². The van der Waals surface area contributed by atoms with E-state index in [1.807, 2.05) is 6.92 Å². The molecule has 0 aromatic heterocycles. The minimum Gasteiger partial charge on any atom is -0.477 e. The van der Waals surface area contributed by atoms with Crippen LogP contribution in [0.4, 0.5) is 8.78 Å². The zero-order valence-corrected chi connectivity index (χ0v) is 12.2. The van der Waals surface area contributed by atoms with E-state index in [-0.39, 0.29) is 23.7 Å². The van der Waals surface area contributed by atoms with Crippen LogP contribution in [0.1, 0.15) is 25.8 Å². The van der Waals surface area contributed by atoms with Crippen molar-refractivity contribution in [2.75, 3.05) is 13.3 Å². The number of rotatable bonds is 2. The molecule has 0 radical (unpaired) electrons. The smallest absolute Gasteiger partial charge is 0.181 e. The molecule has 2 aliphatic heterocycles. The SMILES string of the molecule is CC1=N[C@](CF)(c2ccccc2F)[C@H]2[C@H](C)OCC[C@H]2O1. The minimum atomic E-state index is -1.27. The molecule has 0 aliphatic carbocycles. The summed E-state index contributed by atoms with van der Waals surface area (Å²) in [5.41, 5.74) is -0.986. The van der Waals surface area contributed by atoms with Gasteiger partial charge in [-0.3, -0.25) is 0 Å². The highest BCUT2D eigenvalue weighted by atomic mass is 19.1. The summed E-state index contributed by atoms with van der Waals surface area (Å²) in [7, 11) is 0. The molecule has 0 spiro atoms. The number of hydrogen-bond acceptors (Lipinski definition) is 3. The quantitative estimate of drug-likeness (QED) is 0.838. The second kappa shape index (κ2) is 5.37. The molecule has 0 amide bonds. The van der Waals surface area contributed by atoms with E-state index in [4.69, 9.17) is 9.47 Å². The maximum atomic E-state index is 14.3. The van der Waals surface area contributed by atoms with Crippen LogP contribution in [0, 0.1) is 11.7 Å². The lowest BCUT2D eigenvalue weighted by molar-refractivity contribution is -0.120. The molecule has 1 saturated heterocycles. The number of ether oxygens (including phenoxy) is 2. The maximum Gasteiger partial charge on any atom is 0.181 e. The van der Waals surface area contributed by atoms with Gasteiger partial charge in [0.1, 0.15) is 24.1 Å². The van der Waals surface area contributed by atoms with Crippen LogP contribution in [0.15, 0.2) is 29.3 Å². The van der Waals surface area contributed by atoms with Crippen molar-refractivity contribution in [3.63, 3.8) is 0 Å². The van der Waals surface area contributed by atoms with Crippen LogP contribution in [-0.4, -0.2) is 31.4 Å². The summed E-state index contributed by atoms with van der Waals surface area (Å²) in [6.07, 6.45) is 0.232. The molecular formula is C16H19F2NO2. The second-order valence-corrected chi connectivity index (χ2v) is 5.72. The highest BCUT2D eigenvalue weighted by Crippen LogP contribution is 2.46. The van der Waals surface area contributed by atoms with Gasteiger partial charge in [-0.15, -0.1) is 0 Å². The fourth-order valence-electron chi connectivity index (χ4n) is 3.63. The fourth-order valence-corrected chi connectivity index (χ4v) is 3.63. The average molecular weight is 295 g/mol. The first-order valence-corrected chi connectivity index (χ1v) is 7.24. The largest absolute Gasteiger partial charge is 0.477 e. The van der Waals surface area contributed by atoms with Crippen molar-refractivity contribution in [1.29, 1.82) is 0 Å². The van der Waals surface area contributed by atoms with Crippen LogP contribution in [0.3, 0.4) is 0 Å². The Balaban J connectivity index is 2.17. The summed E-state index contributed by atoms with van der Waals surface area (Å²) in [6.45, 7) is 3.36. The molecule has 2 aliphatic rings. The van der Waals surface area contributed by atoms with Gasteiger partial charge in [0.15, 0.2) is 5.90 Å². The normalized spacial score (nSPS) is 35.6. The zero-order chi connectivity index (χ0) is 15.0. The van der Waals surface area contributed by atoms with Crippen LogP contribution >= 0.6 is 0 Å². The number of halogens is 2. The van der Waals surface area contributed by atoms with Crippen molar-refractivity contribution in [3.05, 3.63) is 35.6 Å². The standard InChI is InChI=1S/C16H19F2NO2/c1-10-15-14(7-8-20-10)21-11(2)19-16(15,9-17)12-5-3-4-6-13(12)18/h3-6,10,14-15H,7-9H2,1-2H3/t10-,14+,15-,16+/m0/s1. The number of alkyl halides is 1. The fraction of sp³-hybridized carbons (Fsp3) is 0.562. The minimum absolute atomic E-state index is 0.193. The van der Waals surface area contributed by atoms with Gasteiger partial charge in [0, 0.05) is 18.9 Å². The van der Waals surface area contributed by atoms with Crippen molar-refractivity contribution in [2.45, 2.75) is 38.0 Å². The number of hydrogen-bond donors (Lipinski definition) is 0. The van der Waals surface area contributed by atoms with Crippen LogP contribution in [-0.2, 0) is 15.0 Å². The lowest BCUT2D eigenvalue weighted by atomic mass is 9.71. The molecule has 3 rings (SSSR count). The average Bonchev–Trinajstić information content (AvgIpc) is 2.46. The molecule has 2 heterocycles. The van der Waals surface area contributed by atoms with E-state index >= 15 is 0 Å². The Labute approximate surface area is 123 Å². The molecule has 0 unspecified atom stereocenters. The highest BCUT2D eigenvalue weighted by molar-refractivity contribution is 5.75. The molecule has 114 valence electrons. The van der Waals surface area contributed by atoms with Gasteiger partial charge in [0.25, 0.3) is 0 Å². The van der Waals surface area contributed by atoms with Gasteiger partial charge in [-0.1, -0.05) is 18.2 Å². The Morgan fingerprint density at radius 3 is 2.86 bits per heavy atom. The second-order valence-electron chi connectivity index (χ2n) is 5.72. The van der Waals surface area contributed by atoms with Gasteiger partial charge in [0.2, 0.25) is 0 Å². The number of benzene rings is 1. The molecule has 1 aromatic rings. The Hall–Kier alpha value is -1.49. The third kappa shape index (κ3) is 2.24. The van der Waals surface area contributed by atoms with Gasteiger partial charge < -0.3 is 9.47 Å². The maximum absolute atomic E-state index is 14.3. The van der Waals surface area contributed by atoms with Gasteiger partial charge in [-0.2, -0.15) is 0 Å².